The van der Waals surface area contributed by atoms with Gasteiger partial charge in [-0.15, -0.1) is 0 Å². The minimum absolute atomic E-state index is 0.119. The lowest BCUT2D eigenvalue weighted by Crippen LogP contribution is -2.34. The number of halogens is 2. The van der Waals surface area contributed by atoms with Crippen LogP contribution in [0.25, 0.3) is 10.2 Å². The van der Waals surface area contributed by atoms with Crippen LogP contribution in [0.4, 0.5) is 10.8 Å². The van der Waals surface area contributed by atoms with Gasteiger partial charge >= 0.3 is 0 Å². The summed E-state index contributed by atoms with van der Waals surface area (Å²) in [7, 11) is 0. The fraction of sp³-hybridized carbons (Fsp3) is 0. The first-order chi connectivity index (χ1) is 16.8. The van der Waals surface area contributed by atoms with Gasteiger partial charge in [0.1, 0.15) is 0 Å². The molecular weight excluding hydrogens is 545 g/mol. The van der Waals surface area contributed by atoms with Crippen molar-refractivity contribution >= 4 is 102 Å². The molecule has 2 amide bonds. The van der Waals surface area contributed by atoms with Gasteiger partial charge in [0, 0.05) is 26.9 Å². The zero-order chi connectivity index (χ0) is 24.9. The van der Waals surface area contributed by atoms with E-state index >= 15 is 0 Å². The monoisotopic (exact) mass is 559 g/mol. The van der Waals surface area contributed by atoms with Crippen LogP contribution in [0.3, 0.4) is 0 Å². The molecule has 35 heavy (non-hydrogen) atoms. The molecule has 1 aromatic heterocycles. The van der Waals surface area contributed by atoms with E-state index in [1.54, 1.807) is 60.7 Å². The maximum absolute atomic E-state index is 12.3. The Morgan fingerprint density at radius 1 is 0.743 bits per heavy atom. The average molecular weight is 561 g/mol. The van der Waals surface area contributed by atoms with E-state index in [1.807, 2.05) is 6.07 Å². The van der Waals surface area contributed by atoms with Crippen LogP contribution in [0.2, 0.25) is 10.0 Å². The van der Waals surface area contributed by atoms with Crippen molar-refractivity contribution in [3.05, 3.63) is 87.9 Å². The lowest BCUT2D eigenvalue weighted by atomic mass is 10.2. The quantitative estimate of drug-likeness (QED) is 0.233. The van der Waals surface area contributed by atoms with Crippen molar-refractivity contribution in [2.24, 2.45) is 0 Å². The van der Waals surface area contributed by atoms with Gasteiger partial charge in [0.05, 0.1) is 10.2 Å². The van der Waals surface area contributed by atoms with Crippen molar-refractivity contribution < 1.29 is 9.59 Å². The van der Waals surface area contributed by atoms with E-state index in [9.17, 15) is 9.59 Å². The third-order valence-electron chi connectivity index (χ3n) is 4.53. The molecule has 0 aliphatic carbocycles. The molecule has 4 N–H and O–H groups in total. The molecule has 12 heteroatoms. The molecule has 0 bridgehead atoms. The zero-order valence-electron chi connectivity index (χ0n) is 17.6. The summed E-state index contributed by atoms with van der Waals surface area (Å²) >= 11 is 23.5. The molecule has 0 spiro atoms. The number of anilines is 2. The van der Waals surface area contributed by atoms with E-state index in [-0.39, 0.29) is 22.0 Å². The second kappa shape index (κ2) is 11.1. The van der Waals surface area contributed by atoms with Crippen LogP contribution in [0.15, 0.2) is 66.7 Å². The van der Waals surface area contributed by atoms with E-state index in [0.29, 0.717) is 32.0 Å². The molecule has 0 saturated heterocycles. The number of rotatable bonds is 4. The van der Waals surface area contributed by atoms with Crippen molar-refractivity contribution in [1.82, 2.24) is 15.6 Å². The summed E-state index contributed by atoms with van der Waals surface area (Å²) in [4.78, 5) is 29.1. The fourth-order valence-electron chi connectivity index (χ4n) is 2.90. The van der Waals surface area contributed by atoms with Crippen LogP contribution in [0.5, 0.6) is 0 Å². The van der Waals surface area contributed by atoms with E-state index < -0.39 is 0 Å². The molecule has 0 saturated carbocycles. The number of aromatic nitrogens is 1. The highest BCUT2D eigenvalue weighted by atomic mass is 35.5. The standard InChI is InChI=1S/C23H15Cl2N5O2S3/c24-14-5-1-12(2-6-14)19(31)28-21(33)26-16-9-10-17-18(11-16)35-23(27-17)30-22(34)29-20(32)13-3-7-15(25)8-4-13/h1-11H,(H2,26,28,31,33)(H2,27,29,30,32,34). The number of amides is 2. The number of hydrogen-bond acceptors (Lipinski definition) is 6. The predicted octanol–water partition coefficient (Wildman–Crippen LogP) is 5.86. The Balaban J connectivity index is 1.36. The van der Waals surface area contributed by atoms with E-state index in [0.717, 1.165) is 10.2 Å². The summed E-state index contributed by atoms with van der Waals surface area (Å²) < 4.78 is 0.844. The van der Waals surface area contributed by atoms with E-state index in [4.69, 9.17) is 47.6 Å². The summed E-state index contributed by atoms with van der Waals surface area (Å²) in [5, 5.41) is 13.0. The highest BCUT2D eigenvalue weighted by Gasteiger charge is 2.12. The van der Waals surface area contributed by atoms with Gasteiger partial charge < -0.3 is 10.6 Å². The number of thiocarbonyl (C=S) groups is 2. The molecular formula is C23H15Cl2N5O2S3. The molecule has 0 fully saturated rings. The van der Waals surface area contributed by atoms with E-state index in [1.165, 1.54) is 11.3 Å². The summed E-state index contributed by atoms with van der Waals surface area (Å²) in [5.74, 6) is -0.709. The number of carbonyl (C=O) groups is 2. The normalized spacial score (nSPS) is 10.5. The van der Waals surface area contributed by atoms with Crippen molar-refractivity contribution in [2.45, 2.75) is 0 Å². The molecule has 0 unspecified atom stereocenters. The topological polar surface area (TPSA) is 95.2 Å². The first-order valence-electron chi connectivity index (χ1n) is 9.93. The Morgan fingerprint density at radius 2 is 1.26 bits per heavy atom. The van der Waals surface area contributed by atoms with Crippen molar-refractivity contribution in [3.63, 3.8) is 0 Å². The van der Waals surface area contributed by atoms with Crippen molar-refractivity contribution in [3.8, 4) is 0 Å². The summed E-state index contributed by atoms with van der Waals surface area (Å²) in [6, 6.07) is 18.4. The Labute approximate surface area is 224 Å². The van der Waals surface area contributed by atoms with Gasteiger partial charge in [0.2, 0.25) is 0 Å². The fourth-order valence-corrected chi connectivity index (χ4v) is 4.53. The number of hydrogen-bond donors (Lipinski definition) is 4. The summed E-state index contributed by atoms with van der Waals surface area (Å²) in [6.07, 6.45) is 0. The van der Waals surface area contributed by atoms with Crippen LogP contribution >= 0.6 is 59.0 Å². The number of benzene rings is 3. The molecule has 176 valence electrons. The van der Waals surface area contributed by atoms with Crippen LogP contribution < -0.4 is 21.3 Å². The van der Waals surface area contributed by atoms with Gasteiger partial charge in [-0.05, 0) is 91.2 Å². The first kappa shape index (κ1) is 25.0. The number of nitrogens with one attached hydrogen (secondary N) is 4. The zero-order valence-corrected chi connectivity index (χ0v) is 21.6. The van der Waals surface area contributed by atoms with Gasteiger partial charge in [0.15, 0.2) is 15.4 Å². The Morgan fingerprint density at radius 3 is 1.80 bits per heavy atom. The Kier molecular flexibility index (Phi) is 7.89. The highest BCUT2D eigenvalue weighted by Crippen LogP contribution is 2.28. The molecule has 1 heterocycles. The van der Waals surface area contributed by atoms with Gasteiger partial charge in [-0.2, -0.15) is 0 Å². The molecule has 4 rings (SSSR count). The molecule has 0 radical (unpaired) electrons. The lowest BCUT2D eigenvalue weighted by Gasteiger charge is -2.09. The van der Waals surface area contributed by atoms with Crippen LogP contribution in [0.1, 0.15) is 20.7 Å². The molecule has 0 aliphatic heterocycles. The first-order valence-corrected chi connectivity index (χ1v) is 12.3. The largest absolute Gasteiger partial charge is 0.332 e. The van der Waals surface area contributed by atoms with Gasteiger partial charge in [0.25, 0.3) is 11.8 Å². The Hall–Kier alpha value is -3.15. The van der Waals surface area contributed by atoms with Gasteiger partial charge in [-0.25, -0.2) is 4.98 Å². The Bertz CT molecular complexity index is 1370. The predicted molar refractivity (Wildman–Crippen MR) is 150 cm³/mol. The second-order valence-corrected chi connectivity index (χ2v) is 9.75. The van der Waals surface area contributed by atoms with Crippen molar-refractivity contribution in [2.75, 3.05) is 10.6 Å². The molecule has 4 aromatic rings. The van der Waals surface area contributed by atoms with Gasteiger partial charge in [-0.3, -0.25) is 20.2 Å². The average Bonchev–Trinajstić information content (AvgIpc) is 3.21. The smallest absolute Gasteiger partial charge is 0.257 e. The van der Waals surface area contributed by atoms with Gasteiger partial charge in [-0.1, -0.05) is 34.5 Å². The lowest BCUT2D eigenvalue weighted by molar-refractivity contribution is 0.0969. The molecule has 0 aliphatic rings. The summed E-state index contributed by atoms with van der Waals surface area (Å²) in [5.41, 5.74) is 2.27. The number of fused-ring (bicyclic) bond motifs is 1. The number of thiazole rings is 1. The number of carbonyl (C=O) groups excluding carboxylic acids is 2. The summed E-state index contributed by atoms with van der Waals surface area (Å²) in [6.45, 7) is 0. The maximum atomic E-state index is 12.3. The molecule has 7 nitrogen and oxygen atoms in total. The number of nitrogens with zero attached hydrogens (tertiary/aromatic N) is 1. The van der Waals surface area contributed by atoms with Crippen LogP contribution in [0, 0.1) is 0 Å². The van der Waals surface area contributed by atoms with Crippen LogP contribution in [-0.2, 0) is 0 Å². The molecule has 0 atom stereocenters. The van der Waals surface area contributed by atoms with E-state index in [2.05, 4.69) is 26.3 Å². The van der Waals surface area contributed by atoms with Crippen molar-refractivity contribution in [1.29, 1.82) is 0 Å². The highest BCUT2D eigenvalue weighted by molar-refractivity contribution is 7.80. The maximum Gasteiger partial charge on any atom is 0.257 e. The third kappa shape index (κ3) is 6.71. The SMILES string of the molecule is O=C(NC(=S)Nc1ccc2nc(NC(=S)NC(=O)c3ccc(Cl)cc3)sc2c1)c1ccc(Cl)cc1. The van der Waals surface area contributed by atoms with Crippen LogP contribution in [-0.4, -0.2) is 27.0 Å². The molecule has 3 aromatic carbocycles. The minimum atomic E-state index is -0.360. The second-order valence-electron chi connectivity index (χ2n) is 7.03. The minimum Gasteiger partial charge on any atom is -0.332 e. The third-order valence-corrected chi connectivity index (χ3v) is 6.38.